The molecule has 84 heavy (non-hydrogen) atoms. The Morgan fingerprint density at radius 3 is 1.31 bits per heavy atom. The lowest BCUT2D eigenvalue weighted by Crippen LogP contribution is -2.65. The quantitative estimate of drug-likeness (QED) is 0.0204. The molecule has 12 unspecified atom stereocenters. The Kier molecular flexibility index (Phi) is 48.1. The average Bonchev–Trinajstić information content (AvgIpc) is 2.95. The molecule has 2 fully saturated rings. The molecule has 0 aliphatic carbocycles. The van der Waals surface area contributed by atoms with Gasteiger partial charge in [0.05, 0.1) is 32.0 Å². The van der Waals surface area contributed by atoms with E-state index in [2.05, 4.69) is 140 Å². The van der Waals surface area contributed by atoms with Gasteiger partial charge in [0.25, 0.3) is 0 Å². The summed E-state index contributed by atoms with van der Waals surface area (Å²) in [6, 6.07) is -0.945. The van der Waals surface area contributed by atoms with E-state index in [1.54, 1.807) is 6.08 Å². The fourth-order valence-electron chi connectivity index (χ4n) is 9.50. The number of amides is 1. The monoisotopic (exact) mass is 1180 g/mol. The van der Waals surface area contributed by atoms with Gasteiger partial charge in [-0.05, 0) is 110 Å². The maximum atomic E-state index is 13.2. The van der Waals surface area contributed by atoms with Crippen molar-refractivity contribution in [2.45, 2.75) is 267 Å². The zero-order valence-electron chi connectivity index (χ0n) is 51.3. The highest BCUT2D eigenvalue weighted by atomic mass is 16.7. The van der Waals surface area contributed by atoms with Crippen LogP contribution in [0.5, 0.6) is 0 Å². The lowest BCUT2D eigenvalue weighted by molar-refractivity contribution is -0.359. The predicted octanol–water partition coefficient (Wildman–Crippen LogP) is 12.1. The molecule has 14 nitrogen and oxygen atoms in total. The summed E-state index contributed by atoms with van der Waals surface area (Å²) >= 11 is 0. The molecule has 14 heteroatoms. The number of aliphatic hydroxyl groups is 8. The minimum absolute atomic E-state index is 0.259. The van der Waals surface area contributed by atoms with Gasteiger partial charge in [0.2, 0.25) is 5.91 Å². The molecule has 0 aromatic heterocycles. The van der Waals surface area contributed by atoms with Gasteiger partial charge < -0.3 is 65.1 Å². The molecule has 9 N–H and O–H groups in total. The Hall–Kier alpha value is -4.13. The van der Waals surface area contributed by atoms with Crippen LogP contribution in [0.25, 0.3) is 0 Å². The van der Waals surface area contributed by atoms with E-state index in [4.69, 9.17) is 18.9 Å². The van der Waals surface area contributed by atoms with Crippen molar-refractivity contribution in [3.8, 4) is 0 Å². The maximum Gasteiger partial charge on any atom is 0.220 e. The molecule has 0 spiro atoms. The van der Waals surface area contributed by atoms with E-state index in [0.29, 0.717) is 12.8 Å². The van der Waals surface area contributed by atoms with Crippen LogP contribution in [0, 0.1) is 0 Å². The highest BCUT2D eigenvalue weighted by Gasteiger charge is 2.51. The number of unbranched alkanes of at least 4 members (excludes halogenated alkanes) is 15. The summed E-state index contributed by atoms with van der Waals surface area (Å²) in [5.74, 6) is -0.265. The molecule has 476 valence electrons. The minimum atomic E-state index is -1.80. The Bertz CT molecular complexity index is 1970. The van der Waals surface area contributed by atoms with E-state index < -0.39 is 86.8 Å². The Morgan fingerprint density at radius 2 is 0.845 bits per heavy atom. The van der Waals surface area contributed by atoms with E-state index in [1.807, 2.05) is 19.1 Å². The Labute approximate surface area is 506 Å². The lowest BCUT2D eigenvalue weighted by Gasteiger charge is -2.46. The molecule has 0 bridgehead atoms. The van der Waals surface area contributed by atoms with Crippen molar-refractivity contribution in [1.82, 2.24) is 5.32 Å². The zero-order chi connectivity index (χ0) is 60.9. The Balaban J connectivity index is 1.56. The second-order valence-corrected chi connectivity index (χ2v) is 21.8. The molecule has 2 aliphatic rings. The smallest absolute Gasteiger partial charge is 0.220 e. The lowest BCUT2D eigenvalue weighted by atomic mass is 9.97. The van der Waals surface area contributed by atoms with Crippen molar-refractivity contribution in [3.05, 3.63) is 146 Å². The molecule has 2 rings (SSSR count). The number of nitrogens with one attached hydrogen (secondary N) is 1. The van der Waals surface area contributed by atoms with Crippen LogP contribution < -0.4 is 5.32 Å². The highest BCUT2D eigenvalue weighted by molar-refractivity contribution is 5.76. The first-order chi connectivity index (χ1) is 41.1. The number of hydrogen-bond acceptors (Lipinski definition) is 13. The van der Waals surface area contributed by atoms with Gasteiger partial charge in [-0.3, -0.25) is 4.79 Å². The van der Waals surface area contributed by atoms with Gasteiger partial charge in [0, 0.05) is 6.42 Å². The highest BCUT2D eigenvalue weighted by Crippen LogP contribution is 2.30. The summed E-state index contributed by atoms with van der Waals surface area (Å²) in [6.07, 6.45) is 63.8. The third kappa shape index (κ3) is 37.4. The summed E-state index contributed by atoms with van der Waals surface area (Å²) in [4.78, 5) is 13.2. The van der Waals surface area contributed by atoms with Crippen molar-refractivity contribution < 1.29 is 64.6 Å². The van der Waals surface area contributed by atoms with Crippen LogP contribution in [0.4, 0.5) is 0 Å². The third-order valence-corrected chi connectivity index (χ3v) is 14.6. The molecule has 0 radical (unpaired) electrons. The largest absolute Gasteiger partial charge is 0.394 e. The summed E-state index contributed by atoms with van der Waals surface area (Å²) < 4.78 is 22.7. The predicted molar refractivity (Wildman–Crippen MR) is 341 cm³/mol. The van der Waals surface area contributed by atoms with Gasteiger partial charge in [0.1, 0.15) is 48.8 Å². The van der Waals surface area contributed by atoms with Gasteiger partial charge >= 0.3 is 0 Å². The third-order valence-electron chi connectivity index (χ3n) is 14.6. The number of hydrogen-bond donors (Lipinski definition) is 9. The summed E-state index contributed by atoms with van der Waals surface area (Å²) in [5, 5.41) is 86.8. The molecule has 2 heterocycles. The second kappa shape index (κ2) is 53.1. The van der Waals surface area contributed by atoms with E-state index in [0.717, 1.165) is 103 Å². The fraction of sp³-hybridized carbons (Fsp3) is 0.643. The molecule has 1 amide bonds. The van der Waals surface area contributed by atoms with E-state index in [1.165, 1.54) is 57.8 Å². The average molecular weight is 1180 g/mol. The standard InChI is InChI=1S/C70H113NO13/c1-3-5-7-9-11-13-14-15-16-17-18-19-20-21-22-23-24-25-26-27-28-29-30-31-32-33-34-35-36-37-38-39-40-41-42-43-44-46-48-50-52-54-62(75)71-58(59(74)53-51-49-47-45-12-10-8-6-4-2)57-81-69-67(80)65(78)68(61(56-73)83-69)84-70-66(79)64(77)63(76)60(55-72)82-70/h4-7,11-13,15-16,18-19,21-22,24-25,27-28,30-31,33-34,45,51,53,58-61,63-70,72-74,76-80H,3,8-10,14,17,20,23,26,29,32,35-44,46-50,52,54-57H2,1-2H3,(H,71,75)/b6-4+,7-5-,13-11-,16-15-,19-18-,22-21-,25-24-,28-27-,31-30-,34-33-,45-12+,53-51+. The van der Waals surface area contributed by atoms with E-state index >= 15 is 0 Å². The van der Waals surface area contributed by atoms with Crippen LogP contribution >= 0.6 is 0 Å². The van der Waals surface area contributed by atoms with Crippen molar-refractivity contribution in [2.75, 3.05) is 19.8 Å². The van der Waals surface area contributed by atoms with Crippen LogP contribution in [0.3, 0.4) is 0 Å². The van der Waals surface area contributed by atoms with E-state index in [9.17, 15) is 45.6 Å². The number of aliphatic hydroxyl groups excluding tert-OH is 8. The summed E-state index contributed by atoms with van der Waals surface area (Å²) in [5.41, 5.74) is 0. The number of ether oxygens (including phenoxy) is 4. The van der Waals surface area contributed by atoms with Gasteiger partial charge in [-0.1, -0.05) is 223 Å². The zero-order valence-corrected chi connectivity index (χ0v) is 51.3. The molecule has 0 saturated carbocycles. The van der Waals surface area contributed by atoms with Crippen LogP contribution in [0.2, 0.25) is 0 Å². The normalized spacial score (nSPS) is 24.7. The van der Waals surface area contributed by atoms with Gasteiger partial charge in [-0.15, -0.1) is 0 Å². The van der Waals surface area contributed by atoms with E-state index in [-0.39, 0.29) is 18.9 Å². The van der Waals surface area contributed by atoms with Crippen molar-refractivity contribution in [2.24, 2.45) is 0 Å². The molecule has 2 saturated heterocycles. The SMILES string of the molecule is C/C=C/CC/C=C/CC/C=C/C(O)C(COC1OC(CO)C(OC2OC(CO)C(O)C(O)C2O)C(O)C1O)NC(=O)CCCCCCCCCCCCCCC/C=C\C/C=C\C/C=C\C/C=C\C/C=C\C/C=C\C/C=C\C/C=C\C/C=C\CC. The van der Waals surface area contributed by atoms with Gasteiger partial charge in [-0.25, -0.2) is 0 Å². The second-order valence-electron chi connectivity index (χ2n) is 21.8. The molecule has 2 aliphatic heterocycles. The number of rotatable bonds is 49. The fourth-order valence-corrected chi connectivity index (χ4v) is 9.50. The maximum absolute atomic E-state index is 13.2. The van der Waals surface area contributed by atoms with Gasteiger partial charge in [0.15, 0.2) is 12.6 Å². The number of carbonyl (C=O) groups excluding carboxylic acids is 1. The first-order valence-electron chi connectivity index (χ1n) is 32.0. The topological polar surface area (TPSA) is 228 Å². The first kappa shape index (κ1) is 76.0. The number of allylic oxidation sites excluding steroid dienone is 23. The Morgan fingerprint density at radius 1 is 0.452 bits per heavy atom. The minimum Gasteiger partial charge on any atom is -0.394 e. The van der Waals surface area contributed by atoms with Crippen LogP contribution in [0.1, 0.15) is 194 Å². The van der Waals surface area contributed by atoms with Crippen LogP contribution in [0.15, 0.2) is 146 Å². The summed E-state index contributed by atoms with van der Waals surface area (Å²) in [6.45, 7) is 2.39. The first-order valence-corrected chi connectivity index (χ1v) is 32.0. The molecule has 0 aromatic rings. The van der Waals surface area contributed by atoms with Crippen molar-refractivity contribution in [3.63, 3.8) is 0 Å². The van der Waals surface area contributed by atoms with Gasteiger partial charge in [-0.2, -0.15) is 0 Å². The summed E-state index contributed by atoms with van der Waals surface area (Å²) in [7, 11) is 0. The molecular formula is C70H113NO13. The van der Waals surface area contributed by atoms with Crippen molar-refractivity contribution in [1.29, 1.82) is 0 Å². The van der Waals surface area contributed by atoms with Crippen molar-refractivity contribution >= 4 is 5.91 Å². The molecule has 12 atom stereocenters. The molecule has 0 aromatic carbocycles. The molecular weight excluding hydrogens is 1060 g/mol. The van der Waals surface area contributed by atoms with Crippen LogP contribution in [-0.2, 0) is 23.7 Å². The number of carbonyl (C=O) groups is 1. The van der Waals surface area contributed by atoms with Crippen LogP contribution in [-0.4, -0.2) is 140 Å².